The van der Waals surface area contributed by atoms with Crippen LogP contribution in [0.15, 0.2) is 0 Å². The van der Waals surface area contributed by atoms with Crippen LogP contribution in [-0.4, -0.2) is 22.2 Å². The molecule has 286 valence electrons. The predicted octanol–water partition coefficient (Wildman–Crippen LogP) is 15.3. The summed E-state index contributed by atoms with van der Waals surface area (Å²) in [5.74, 6) is -1.44. The first-order valence-electron chi connectivity index (χ1n) is 22.0. The summed E-state index contributed by atoms with van der Waals surface area (Å²) in [6, 6.07) is 0. The van der Waals surface area contributed by atoms with Crippen molar-refractivity contribution in [3.05, 3.63) is 0 Å². The van der Waals surface area contributed by atoms with E-state index in [4.69, 9.17) is 5.11 Å². The molecular weight excluding hydrogens is 592 g/mol. The second-order valence-electron chi connectivity index (χ2n) is 15.5. The third-order valence-corrected chi connectivity index (χ3v) is 10.9. The minimum Gasteiger partial charge on any atom is -0.481 e. The van der Waals surface area contributed by atoms with Gasteiger partial charge < -0.3 is 10.2 Å². The molecule has 2 atom stereocenters. The van der Waals surface area contributed by atoms with E-state index in [1.807, 2.05) is 0 Å². The zero-order valence-electron chi connectivity index (χ0n) is 32.7. The van der Waals surface area contributed by atoms with Gasteiger partial charge in [0.15, 0.2) is 0 Å². The molecule has 0 aliphatic rings. The van der Waals surface area contributed by atoms with Gasteiger partial charge in [-0.15, -0.1) is 0 Å². The highest BCUT2D eigenvalue weighted by Gasteiger charge is 2.27. The largest absolute Gasteiger partial charge is 0.481 e. The van der Waals surface area contributed by atoms with Crippen LogP contribution < -0.4 is 0 Å². The van der Waals surface area contributed by atoms with Gasteiger partial charge in [0.25, 0.3) is 0 Å². The fraction of sp³-hybridized carbons (Fsp3) is 0.955. The van der Waals surface area contributed by atoms with Crippen molar-refractivity contribution >= 4 is 11.9 Å². The zero-order chi connectivity index (χ0) is 35.2. The predicted molar refractivity (Wildman–Crippen MR) is 209 cm³/mol. The monoisotopic (exact) mass is 679 g/mol. The normalized spacial score (nSPS) is 12.8. The smallest absolute Gasteiger partial charge is 0.306 e. The molecule has 48 heavy (non-hydrogen) atoms. The summed E-state index contributed by atoms with van der Waals surface area (Å²) < 4.78 is 0. The van der Waals surface area contributed by atoms with E-state index in [1.54, 1.807) is 0 Å². The van der Waals surface area contributed by atoms with Crippen LogP contribution in [0.1, 0.15) is 258 Å². The maximum Gasteiger partial charge on any atom is 0.306 e. The van der Waals surface area contributed by atoms with Crippen LogP contribution in [-0.2, 0) is 9.59 Å². The average molecular weight is 679 g/mol. The Labute approximate surface area is 300 Å². The Hall–Kier alpha value is -1.06. The lowest BCUT2D eigenvalue weighted by Crippen LogP contribution is -2.24. The molecule has 0 saturated heterocycles. The highest BCUT2D eigenvalue weighted by atomic mass is 16.4. The van der Waals surface area contributed by atoms with E-state index in [-0.39, 0.29) is 18.3 Å². The molecule has 4 nitrogen and oxygen atoms in total. The van der Waals surface area contributed by atoms with Crippen molar-refractivity contribution in [1.82, 2.24) is 0 Å². The summed E-state index contributed by atoms with van der Waals surface area (Å²) in [6.07, 6.45) is 47.3. The fourth-order valence-electron chi connectivity index (χ4n) is 7.66. The molecule has 0 aromatic rings. The van der Waals surface area contributed by atoms with Crippen LogP contribution in [0.4, 0.5) is 0 Å². The molecule has 0 aromatic carbocycles. The van der Waals surface area contributed by atoms with Gasteiger partial charge in [0.1, 0.15) is 0 Å². The minimum atomic E-state index is -0.743. The summed E-state index contributed by atoms with van der Waals surface area (Å²) in [6.45, 7) is 4.56. The fourth-order valence-corrected chi connectivity index (χ4v) is 7.66. The number of aliphatic carboxylic acids is 2. The first kappa shape index (κ1) is 46.9. The molecule has 0 radical (unpaired) electrons. The number of hydrogen-bond donors (Lipinski definition) is 2. The number of carbonyl (C=O) groups is 2. The van der Waals surface area contributed by atoms with Crippen LogP contribution in [0, 0.1) is 11.8 Å². The zero-order valence-corrected chi connectivity index (χ0v) is 32.7. The topological polar surface area (TPSA) is 74.6 Å². The number of carboxylic acid groups (broad SMARTS) is 2. The van der Waals surface area contributed by atoms with E-state index in [9.17, 15) is 14.7 Å². The van der Waals surface area contributed by atoms with Gasteiger partial charge in [-0.3, -0.25) is 9.59 Å². The summed E-state index contributed by atoms with van der Waals surface area (Å²) in [7, 11) is 0. The number of hydrogen-bond acceptors (Lipinski definition) is 2. The van der Waals surface area contributed by atoms with Crippen molar-refractivity contribution in [3.8, 4) is 0 Å². The summed E-state index contributed by atoms with van der Waals surface area (Å²) in [5, 5.41) is 19.2. The van der Waals surface area contributed by atoms with Gasteiger partial charge in [0, 0.05) is 6.42 Å². The molecule has 2 unspecified atom stereocenters. The maximum absolute atomic E-state index is 12.4. The standard InChI is InChI=1S/C44H86O4/c1-3-5-7-9-11-13-15-17-19-21-23-25-27-29-31-33-37-41(38-35-36-40-43(45)46)42(44(47)48)39-34-32-30-28-26-24-22-20-18-16-14-12-10-8-6-4-2/h41-42H,3-40H2,1-2H3,(H,45,46)(H,47,48). The lowest BCUT2D eigenvalue weighted by molar-refractivity contribution is -0.144. The van der Waals surface area contributed by atoms with Crippen molar-refractivity contribution in [3.63, 3.8) is 0 Å². The van der Waals surface area contributed by atoms with E-state index in [0.717, 1.165) is 44.9 Å². The van der Waals surface area contributed by atoms with Crippen LogP contribution in [0.25, 0.3) is 0 Å². The molecule has 0 aromatic heterocycles. The van der Waals surface area contributed by atoms with E-state index < -0.39 is 11.9 Å². The number of rotatable bonds is 41. The Bertz CT molecular complexity index is 662. The Morgan fingerprint density at radius 3 is 0.875 bits per heavy atom. The minimum absolute atomic E-state index is 0.194. The molecule has 0 spiro atoms. The third-order valence-electron chi connectivity index (χ3n) is 10.9. The summed E-state index contributed by atoms with van der Waals surface area (Å²) >= 11 is 0. The van der Waals surface area contributed by atoms with E-state index >= 15 is 0 Å². The summed E-state index contributed by atoms with van der Waals surface area (Å²) in [5.41, 5.74) is 0. The van der Waals surface area contributed by atoms with Crippen molar-refractivity contribution in [2.45, 2.75) is 258 Å². The lowest BCUT2D eigenvalue weighted by Gasteiger charge is -2.24. The Balaban J connectivity index is 4.06. The second kappa shape index (κ2) is 38.7. The first-order valence-corrected chi connectivity index (χ1v) is 22.0. The molecule has 0 saturated carbocycles. The summed E-state index contributed by atoms with van der Waals surface area (Å²) in [4.78, 5) is 23.4. The number of carboxylic acids is 2. The molecule has 0 aliphatic heterocycles. The lowest BCUT2D eigenvalue weighted by atomic mass is 9.80. The number of unbranched alkanes of at least 4 members (excludes halogenated alkanes) is 31. The molecule has 2 N–H and O–H groups in total. The molecule has 0 heterocycles. The van der Waals surface area contributed by atoms with Crippen LogP contribution in [0.5, 0.6) is 0 Å². The van der Waals surface area contributed by atoms with Crippen molar-refractivity contribution in [1.29, 1.82) is 0 Å². The molecular formula is C44H86O4. The third kappa shape index (κ3) is 34.8. The molecule has 0 rings (SSSR count). The van der Waals surface area contributed by atoms with Gasteiger partial charge in [0.2, 0.25) is 0 Å². The average Bonchev–Trinajstić information content (AvgIpc) is 3.07. The van der Waals surface area contributed by atoms with Crippen molar-refractivity contribution < 1.29 is 19.8 Å². The quantitative estimate of drug-likeness (QED) is 0.0631. The van der Waals surface area contributed by atoms with E-state index in [0.29, 0.717) is 6.42 Å². The van der Waals surface area contributed by atoms with Gasteiger partial charge >= 0.3 is 11.9 Å². The molecule has 0 bridgehead atoms. The van der Waals surface area contributed by atoms with Crippen molar-refractivity contribution in [2.75, 3.05) is 0 Å². The Kier molecular flexibility index (Phi) is 37.9. The van der Waals surface area contributed by atoms with Crippen molar-refractivity contribution in [2.24, 2.45) is 11.8 Å². The molecule has 0 amide bonds. The van der Waals surface area contributed by atoms with Gasteiger partial charge in [-0.2, -0.15) is 0 Å². The van der Waals surface area contributed by atoms with Crippen LogP contribution >= 0.6 is 0 Å². The van der Waals surface area contributed by atoms with Gasteiger partial charge in [0.05, 0.1) is 5.92 Å². The molecule has 4 heteroatoms. The van der Waals surface area contributed by atoms with Crippen LogP contribution in [0.2, 0.25) is 0 Å². The second-order valence-corrected chi connectivity index (χ2v) is 15.5. The Morgan fingerprint density at radius 1 is 0.354 bits per heavy atom. The highest BCUT2D eigenvalue weighted by Crippen LogP contribution is 2.30. The maximum atomic E-state index is 12.4. The van der Waals surface area contributed by atoms with Crippen LogP contribution in [0.3, 0.4) is 0 Å². The van der Waals surface area contributed by atoms with Gasteiger partial charge in [-0.1, -0.05) is 226 Å². The van der Waals surface area contributed by atoms with Gasteiger partial charge in [-0.05, 0) is 31.6 Å². The van der Waals surface area contributed by atoms with Gasteiger partial charge in [-0.25, -0.2) is 0 Å². The SMILES string of the molecule is CCCCCCCCCCCCCCCCCCC(CCCCC(=O)O)C(CCCCCCCCCCCCCCCCCC)C(=O)O. The van der Waals surface area contributed by atoms with E-state index in [2.05, 4.69) is 13.8 Å². The first-order chi connectivity index (χ1) is 23.5. The Morgan fingerprint density at radius 2 is 0.604 bits per heavy atom. The molecule has 0 aliphatic carbocycles. The highest BCUT2D eigenvalue weighted by molar-refractivity contribution is 5.70. The van der Waals surface area contributed by atoms with E-state index in [1.165, 1.54) is 186 Å². The molecule has 0 fully saturated rings.